The summed E-state index contributed by atoms with van der Waals surface area (Å²) in [5.74, 6) is -0.0662. The third kappa shape index (κ3) is 4.23. The number of rotatable bonds is 6. The van der Waals surface area contributed by atoms with Gasteiger partial charge in [0.05, 0.1) is 18.8 Å². The smallest absolute Gasteiger partial charge is 0.251 e. The molecule has 0 aliphatic carbocycles. The summed E-state index contributed by atoms with van der Waals surface area (Å²) in [5, 5.41) is 7.14. The van der Waals surface area contributed by atoms with Gasteiger partial charge in [-0.2, -0.15) is 5.10 Å². The maximum atomic E-state index is 12.5. The van der Waals surface area contributed by atoms with Crippen LogP contribution in [0.1, 0.15) is 34.3 Å². The van der Waals surface area contributed by atoms with Gasteiger partial charge >= 0.3 is 0 Å². The number of hydrogen-bond acceptors (Lipinski definition) is 3. The molecule has 2 N–H and O–H groups in total. The molecule has 1 aliphatic rings. The van der Waals surface area contributed by atoms with E-state index >= 15 is 0 Å². The van der Waals surface area contributed by atoms with Crippen LogP contribution in [-0.4, -0.2) is 33.8 Å². The fraction of sp³-hybridized carbons (Fsp3) is 0.286. The van der Waals surface area contributed by atoms with Crippen LogP contribution in [0.2, 0.25) is 0 Å². The fourth-order valence-electron chi connectivity index (χ4n) is 3.61. The Kier molecular flexibility index (Phi) is 5.25. The average Bonchev–Trinajstić information content (AvgIpc) is 3.41. The molecule has 1 aromatic heterocycles. The lowest BCUT2D eigenvalue weighted by Crippen LogP contribution is -3.08. The van der Waals surface area contributed by atoms with Crippen LogP contribution < -0.4 is 10.2 Å². The summed E-state index contributed by atoms with van der Waals surface area (Å²) < 4.78 is 1.67. The lowest BCUT2D eigenvalue weighted by Gasteiger charge is -2.15. The van der Waals surface area contributed by atoms with E-state index in [9.17, 15) is 4.79 Å². The van der Waals surface area contributed by atoms with Gasteiger partial charge in [0.25, 0.3) is 5.91 Å². The van der Waals surface area contributed by atoms with E-state index in [1.807, 2.05) is 30.3 Å². The molecule has 2 heterocycles. The molecular formula is C21H24N5O+. The zero-order valence-electron chi connectivity index (χ0n) is 15.3. The third-order valence-corrected chi connectivity index (χ3v) is 5.12. The number of benzene rings is 2. The molecule has 6 heteroatoms. The molecule has 0 bridgehead atoms. The molecule has 1 saturated heterocycles. The Morgan fingerprint density at radius 3 is 2.48 bits per heavy atom. The van der Waals surface area contributed by atoms with Crippen LogP contribution in [0.4, 0.5) is 0 Å². The number of amides is 1. The van der Waals surface area contributed by atoms with Gasteiger partial charge in [-0.05, 0) is 29.8 Å². The van der Waals surface area contributed by atoms with Crippen LogP contribution in [0.15, 0.2) is 61.2 Å². The number of quaternary nitrogens is 1. The van der Waals surface area contributed by atoms with Crippen molar-refractivity contribution in [3.63, 3.8) is 0 Å². The molecule has 0 spiro atoms. The van der Waals surface area contributed by atoms with E-state index in [0.717, 1.165) is 12.2 Å². The highest BCUT2D eigenvalue weighted by atomic mass is 16.1. The van der Waals surface area contributed by atoms with Gasteiger partial charge in [-0.1, -0.05) is 24.3 Å². The van der Waals surface area contributed by atoms with Gasteiger partial charge in [0.15, 0.2) is 0 Å². The van der Waals surface area contributed by atoms with Crippen LogP contribution in [0.25, 0.3) is 5.69 Å². The van der Waals surface area contributed by atoms with Gasteiger partial charge in [0.2, 0.25) is 0 Å². The topological polar surface area (TPSA) is 64.2 Å². The molecule has 2 aromatic carbocycles. The summed E-state index contributed by atoms with van der Waals surface area (Å²) in [5.41, 5.74) is 4.05. The molecule has 3 aromatic rings. The maximum Gasteiger partial charge on any atom is 0.251 e. The maximum absolute atomic E-state index is 12.5. The number of nitrogens with zero attached hydrogens (tertiary/aromatic N) is 3. The van der Waals surface area contributed by atoms with Gasteiger partial charge < -0.3 is 10.2 Å². The van der Waals surface area contributed by atoms with E-state index in [2.05, 4.69) is 33.6 Å². The molecule has 27 heavy (non-hydrogen) atoms. The first kappa shape index (κ1) is 17.4. The Balaban J connectivity index is 1.39. The van der Waals surface area contributed by atoms with E-state index in [0.29, 0.717) is 12.1 Å². The summed E-state index contributed by atoms with van der Waals surface area (Å²) in [6.07, 6.45) is 5.76. The summed E-state index contributed by atoms with van der Waals surface area (Å²) >= 11 is 0. The average molecular weight is 362 g/mol. The highest BCUT2D eigenvalue weighted by molar-refractivity contribution is 5.94. The molecule has 138 valence electrons. The van der Waals surface area contributed by atoms with Crippen molar-refractivity contribution >= 4 is 5.91 Å². The molecule has 0 saturated carbocycles. The lowest BCUT2D eigenvalue weighted by molar-refractivity contribution is -0.901. The van der Waals surface area contributed by atoms with Gasteiger partial charge in [-0.25, -0.2) is 9.67 Å². The Hall–Kier alpha value is -2.99. The summed E-state index contributed by atoms with van der Waals surface area (Å²) in [6.45, 7) is 4.09. The molecule has 4 rings (SSSR count). The number of carbonyl (C=O) groups is 1. The Morgan fingerprint density at radius 2 is 1.78 bits per heavy atom. The van der Waals surface area contributed by atoms with E-state index < -0.39 is 0 Å². The lowest BCUT2D eigenvalue weighted by atomic mass is 10.1. The molecule has 1 amide bonds. The van der Waals surface area contributed by atoms with Crippen molar-refractivity contribution in [2.24, 2.45) is 0 Å². The molecule has 0 atom stereocenters. The zero-order valence-corrected chi connectivity index (χ0v) is 15.3. The Morgan fingerprint density at radius 1 is 1.04 bits per heavy atom. The standard InChI is InChI=1S/C21H23N5O/c27-21(17-7-9-20(10-8-17)26-16-22-15-24-26)23-13-18-5-1-2-6-19(18)14-25-11-3-4-12-25/h1-2,5-10,15-16H,3-4,11-14H2,(H,23,27)/p+1. The number of aromatic nitrogens is 3. The van der Waals surface area contributed by atoms with Crippen molar-refractivity contribution in [3.8, 4) is 5.69 Å². The van der Waals surface area contributed by atoms with Crippen molar-refractivity contribution in [2.75, 3.05) is 13.1 Å². The third-order valence-electron chi connectivity index (χ3n) is 5.12. The van der Waals surface area contributed by atoms with E-state index in [1.165, 1.54) is 43.4 Å². The fourth-order valence-corrected chi connectivity index (χ4v) is 3.61. The number of hydrogen-bond donors (Lipinski definition) is 2. The van der Waals surface area contributed by atoms with Gasteiger partial charge in [-0.15, -0.1) is 0 Å². The molecule has 0 radical (unpaired) electrons. The van der Waals surface area contributed by atoms with Gasteiger partial charge in [-0.3, -0.25) is 4.79 Å². The number of carbonyl (C=O) groups excluding carboxylic acids is 1. The van der Waals surface area contributed by atoms with Crippen LogP contribution in [0.3, 0.4) is 0 Å². The van der Waals surface area contributed by atoms with Crippen molar-refractivity contribution in [2.45, 2.75) is 25.9 Å². The van der Waals surface area contributed by atoms with Crippen molar-refractivity contribution < 1.29 is 9.69 Å². The SMILES string of the molecule is O=C(NCc1ccccc1C[NH+]1CCCC1)c1ccc(-n2cncn2)cc1. The summed E-state index contributed by atoms with van der Waals surface area (Å²) in [7, 11) is 0. The van der Waals surface area contributed by atoms with Crippen LogP contribution in [-0.2, 0) is 13.1 Å². The molecular weight excluding hydrogens is 338 g/mol. The first-order chi connectivity index (χ1) is 13.3. The quantitative estimate of drug-likeness (QED) is 0.696. The minimum absolute atomic E-state index is 0.0662. The summed E-state index contributed by atoms with van der Waals surface area (Å²) in [4.78, 5) is 18.1. The highest BCUT2D eigenvalue weighted by Gasteiger charge is 2.17. The number of nitrogens with one attached hydrogen (secondary N) is 2. The van der Waals surface area contributed by atoms with Gasteiger partial charge in [0, 0.05) is 30.5 Å². The second-order valence-electron chi connectivity index (χ2n) is 6.97. The number of likely N-dealkylation sites (tertiary alicyclic amines) is 1. The minimum atomic E-state index is -0.0662. The highest BCUT2D eigenvalue weighted by Crippen LogP contribution is 2.10. The first-order valence-electron chi connectivity index (χ1n) is 9.43. The monoisotopic (exact) mass is 362 g/mol. The molecule has 6 nitrogen and oxygen atoms in total. The van der Waals surface area contributed by atoms with Crippen LogP contribution in [0, 0.1) is 0 Å². The molecule has 1 aliphatic heterocycles. The van der Waals surface area contributed by atoms with Crippen molar-refractivity contribution in [1.82, 2.24) is 20.1 Å². The Bertz CT molecular complexity index is 883. The van der Waals surface area contributed by atoms with Crippen molar-refractivity contribution in [3.05, 3.63) is 77.9 Å². The van der Waals surface area contributed by atoms with E-state index in [-0.39, 0.29) is 5.91 Å². The molecule has 1 fully saturated rings. The summed E-state index contributed by atoms with van der Waals surface area (Å²) in [6, 6.07) is 15.8. The predicted molar refractivity (Wildman–Crippen MR) is 103 cm³/mol. The largest absolute Gasteiger partial charge is 0.348 e. The predicted octanol–water partition coefficient (Wildman–Crippen LogP) is 1.38. The second-order valence-corrected chi connectivity index (χ2v) is 6.97. The van der Waals surface area contributed by atoms with E-state index in [1.54, 1.807) is 15.9 Å². The normalized spacial score (nSPS) is 14.4. The van der Waals surface area contributed by atoms with Crippen LogP contribution in [0.5, 0.6) is 0 Å². The Labute approximate surface area is 158 Å². The van der Waals surface area contributed by atoms with E-state index in [4.69, 9.17) is 0 Å². The van der Waals surface area contributed by atoms with Crippen molar-refractivity contribution in [1.29, 1.82) is 0 Å². The molecule has 0 unspecified atom stereocenters. The first-order valence-corrected chi connectivity index (χ1v) is 9.43. The van der Waals surface area contributed by atoms with Gasteiger partial charge in [0.1, 0.15) is 19.2 Å². The zero-order chi connectivity index (χ0) is 18.5. The second kappa shape index (κ2) is 8.14. The van der Waals surface area contributed by atoms with Crippen LogP contribution >= 0.6 is 0 Å². The minimum Gasteiger partial charge on any atom is -0.348 e.